The first-order valence-electron chi connectivity index (χ1n) is 12.6. The van der Waals surface area contributed by atoms with Crippen molar-refractivity contribution < 1.29 is 17.0 Å². The minimum Gasteiger partial charge on any atom is -1.00 e. The SMILES string of the molecule is CCCCCCCCC/C=C\CC[P+](c1ccccc1)(c1ccccc1)c1ccccc1.[Br-]. The summed E-state index contributed by atoms with van der Waals surface area (Å²) in [5, 5.41) is 4.45. The van der Waals surface area contributed by atoms with Gasteiger partial charge in [-0.25, -0.2) is 0 Å². The van der Waals surface area contributed by atoms with Crippen LogP contribution >= 0.6 is 7.26 Å². The van der Waals surface area contributed by atoms with Crippen LogP contribution < -0.4 is 32.9 Å². The first-order valence-corrected chi connectivity index (χ1v) is 14.6. The molecule has 0 aliphatic carbocycles. The van der Waals surface area contributed by atoms with E-state index < -0.39 is 7.26 Å². The number of hydrogen-bond acceptors (Lipinski definition) is 0. The highest BCUT2D eigenvalue weighted by Gasteiger charge is 2.44. The summed E-state index contributed by atoms with van der Waals surface area (Å²) < 4.78 is 0. The standard InChI is InChI=1S/C31H40P.BrH/c1-2-3-4-5-6-7-8-9-10-11-21-28-32(29-22-15-12-16-23-29,30-24-17-13-18-25-30)31-26-19-14-20-27-31;/h10-20,22-27H,2-9,21,28H2,1H3;1H/q+1;/p-1/b11-10-;. The van der Waals surface area contributed by atoms with Gasteiger partial charge >= 0.3 is 0 Å². The van der Waals surface area contributed by atoms with Crippen molar-refractivity contribution in [2.24, 2.45) is 0 Å². The number of rotatable bonds is 14. The van der Waals surface area contributed by atoms with Crippen LogP contribution in [-0.2, 0) is 0 Å². The van der Waals surface area contributed by atoms with Crippen LogP contribution in [0.3, 0.4) is 0 Å². The molecule has 0 aromatic heterocycles. The maximum atomic E-state index is 2.45. The second-order valence-electron chi connectivity index (χ2n) is 8.71. The highest BCUT2D eigenvalue weighted by molar-refractivity contribution is 7.95. The molecule has 0 radical (unpaired) electrons. The van der Waals surface area contributed by atoms with Gasteiger partial charge in [-0.15, -0.1) is 0 Å². The molecule has 0 saturated heterocycles. The Kier molecular flexibility index (Phi) is 13.4. The van der Waals surface area contributed by atoms with E-state index >= 15 is 0 Å². The Morgan fingerprint density at radius 3 is 1.36 bits per heavy atom. The van der Waals surface area contributed by atoms with Crippen LogP contribution in [0.2, 0.25) is 0 Å². The first-order chi connectivity index (χ1) is 15.9. The molecule has 0 fully saturated rings. The van der Waals surface area contributed by atoms with Gasteiger partial charge in [0.25, 0.3) is 0 Å². The Morgan fingerprint density at radius 1 is 0.515 bits per heavy atom. The minimum absolute atomic E-state index is 0. The van der Waals surface area contributed by atoms with Crippen molar-refractivity contribution in [2.45, 2.75) is 64.7 Å². The van der Waals surface area contributed by atoms with Gasteiger partial charge in [-0.2, -0.15) is 0 Å². The molecule has 176 valence electrons. The second-order valence-corrected chi connectivity index (χ2v) is 12.3. The Morgan fingerprint density at radius 2 is 0.909 bits per heavy atom. The lowest BCUT2D eigenvalue weighted by Gasteiger charge is -2.27. The summed E-state index contributed by atoms with van der Waals surface area (Å²) in [6, 6.07) is 33.7. The zero-order chi connectivity index (χ0) is 22.3. The predicted molar refractivity (Wildman–Crippen MR) is 146 cm³/mol. The smallest absolute Gasteiger partial charge is 0.112 e. The van der Waals surface area contributed by atoms with Gasteiger partial charge in [0, 0.05) is 6.42 Å². The molecule has 3 aromatic carbocycles. The van der Waals surface area contributed by atoms with Crippen molar-refractivity contribution in [1.29, 1.82) is 0 Å². The Bertz CT molecular complexity index is 793. The molecule has 0 atom stereocenters. The third-order valence-corrected chi connectivity index (χ3v) is 10.8. The van der Waals surface area contributed by atoms with Crippen molar-refractivity contribution in [3.05, 3.63) is 103 Å². The van der Waals surface area contributed by atoms with Crippen molar-refractivity contribution in [1.82, 2.24) is 0 Å². The van der Waals surface area contributed by atoms with E-state index in [1.54, 1.807) is 0 Å². The largest absolute Gasteiger partial charge is 1.00 e. The fourth-order valence-electron chi connectivity index (χ4n) is 4.61. The molecular formula is C31H40BrP. The summed E-state index contributed by atoms with van der Waals surface area (Å²) in [4.78, 5) is 0. The van der Waals surface area contributed by atoms with Crippen LogP contribution in [0.15, 0.2) is 103 Å². The molecule has 0 nitrogen and oxygen atoms in total. The quantitative estimate of drug-likeness (QED) is 0.157. The summed E-state index contributed by atoms with van der Waals surface area (Å²) in [6.07, 6.45) is 18.1. The van der Waals surface area contributed by atoms with E-state index in [0.717, 1.165) is 6.42 Å². The second kappa shape index (κ2) is 16.0. The molecule has 0 aliphatic rings. The van der Waals surface area contributed by atoms with Gasteiger partial charge in [0.2, 0.25) is 0 Å². The van der Waals surface area contributed by atoms with Gasteiger partial charge < -0.3 is 17.0 Å². The Hall–Kier alpha value is -1.69. The molecule has 0 N–H and O–H groups in total. The molecule has 0 bridgehead atoms. The average Bonchev–Trinajstić information content (AvgIpc) is 2.87. The molecule has 0 aliphatic heterocycles. The van der Waals surface area contributed by atoms with Crippen LogP contribution in [0, 0.1) is 0 Å². The number of allylic oxidation sites excluding steroid dienone is 2. The first kappa shape index (κ1) is 27.6. The lowest BCUT2D eigenvalue weighted by molar-refractivity contribution is -0.00000647. The molecule has 0 saturated carbocycles. The molecule has 2 heteroatoms. The van der Waals surface area contributed by atoms with Crippen LogP contribution in [-0.4, -0.2) is 6.16 Å². The molecule has 33 heavy (non-hydrogen) atoms. The van der Waals surface area contributed by atoms with E-state index in [4.69, 9.17) is 0 Å². The number of hydrogen-bond donors (Lipinski definition) is 0. The highest BCUT2D eigenvalue weighted by atomic mass is 79.9. The predicted octanol–water partition coefficient (Wildman–Crippen LogP) is 5.07. The van der Waals surface area contributed by atoms with E-state index in [-0.39, 0.29) is 17.0 Å². The molecule has 3 aromatic rings. The van der Waals surface area contributed by atoms with E-state index in [1.807, 2.05) is 0 Å². The zero-order valence-corrected chi connectivity index (χ0v) is 22.7. The molecule has 0 heterocycles. The lowest BCUT2D eigenvalue weighted by Crippen LogP contribution is -3.00. The monoisotopic (exact) mass is 522 g/mol. The van der Waals surface area contributed by atoms with Crippen molar-refractivity contribution in [3.63, 3.8) is 0 Å². The van der Waals surface area contributed by atoms with Crippen molar-refractivity contribution in [3.8, 4) is 0 Å². The number of halogens is 1. The van der Waals surface area contributed by atoms with Crippen molar-refractivity contribution in [2.75, 3.05) is 6.16 Å². The third kappa shape index (κ3) is 8.24. The van der Waals surface area contributed by atoms with E-state index in [0.29, 0.717) is 0 Å². The number of benzene rings is 3. The summed E-state index contributed by atoms with van der Waals surface area (Å²) in [5.41, 5.74) is 0. The summed E-state index contributed by atoms with van der Waals surface area (Å²) >= 11 is 0. The molecule has 3 rings (SSSR count). The molecule has 0 unspecified atom stereocenters. The fourth-order valence-corrected chi connectivity index (χ4v) is 8.85. The van der Waals surface area contributed by atoms with Crippen LogP contribution in [0.25, 0.3) is 0 Å². The third-order valence-electron chi connectivity index (χ3n) is 6.36. The van der Waals surface area contributed by atoms with E-state index in [9.17, 15) is 0 Å². The van der Waals surface area contributed by atoms with Gasteiger partial charge in [0.05, 0.1) is 6.16 Å². The molecular weight excluding hydrogens is 483 g/mol. The van der Waals surface area contributed by atoms with Crippen molar-refractivity contribution >= 4 is 23.2 Å². The van der Waals surface area contributed by atoms with Gasteiger partial charge in [-0.1, -0.05) is 112 Å². The summed E-state index contributed by atoms with van der Waals surface area (Å²) in [5.74, 6) is 0. The topological polar surface area (TPSA) is 0 Å². The average molecular weight is 524 g/mol. The van der Waals surface area contributed by atoms with Gasteiger partial charge in [0.1, 0.15) is 23.2 Å². The van der Waals surface area contributed by atoms with Gasteiger partial charge in [-0.05, 0) is 49.2 Å². The van der Waals surface area contributed by atoms with Crippen LogP contribution in [0.4, 0.5) is 0 Å². The summed E-state index contributed by atoms with van der Waals surface area (Å²) in [6.45, 7) is 2.29. The van der Waals surface area contributed by atoms with Crippen LogP contribution in [0.5, 0.6) is 0 Å². The maximum absolute atomic E-state index is 2.45. The molecule has 0 spiro atoms. The summed E-state index contributed by atoms with van der Waals surface area (Å²) in [7, 11) is -1.68. The van der Waals surface area contributed by atoms with Gasteiger partial charge in [0.15, 0.2) is 0 Å². The van der Waals surface area contributed by atoms with Gasteiger partial charge in [-0.3, -0.25) is 0 Å². The maximum Gasteiger partial charge on any atom is 0.112 e. The van der Waals surface area contributed by atoms with Crippen LogP contribution in [0.1, 0.15) is 64.7 Å². The minimum atomic E-state index is -1.68. The van der Waals surface area contributed by atoms with E-state index in [2.05, 4.69) is 110 Å². The highest BCUT2D eigenvalue weighted by Crippen LogP contribution is 2.55. The Labute approximate surface area is 213 Å². The lowest BCUT2D eigenvalue weighted by atomic mass is 10.1. The fraction of sp³-hybridized carbons (Fsp3) is 0.355. The normalized spacial score (nSPS) is 11.4. The number of unbranched alkanes of at least 4 members (excludes halogenated alkanes) is 7. The van der Waals surface area contributed by atoms with E-state index in [1.165, 1.54) is 73.4 Å². The molecule has 0 amide bonds. The Balaban J connectivity index is 0.00000385. The zero-order valence-electron chi connectivity index (χ0n) is 20.2.